The molecule has 0 fully saturated rings. The molecule has 146 valence electrons. The fraction of sp³-hybridized carbons (Fsp3) is 0.167. The number of nitrogens with zero attached hydrogens (tertiary/aromatic N) is 2. The van der Waals surface area contributed by atoms with Crippen molar-refractivity contribution >= 4 is 34.4 Å². The number of rotatable bonds is 6. The molecule has 0 aliphatic carbocycles. The highest BCUT2D eigenvalue weighted by Crippen LogP contribution is 2.24. The van der Waals surface area contributed by atoms with E-state index in [1.54, 1.807) is 28.1 Å². The molecule has 0 amide bonds. The topological polar surface area (TPSA) is 34.9 Å². The van der Waals surface area contributed by atoms with E-state index in [2.05, 4.69) is 61.7 Å². The zero-order chi connectivity index (χ0) is 20.2. The number of thioether (sulfide) groups is 2. The summed E-state index contributed by atoms with van der Waals surface area (Å²) in [6.07, 6.45) is 2.08. The van der Waals surface area contributed by atoms with Crippen LogP contribution in [0.3, 0.4) is 0 Å². The zero-order valence-corrected chi connectivity index (χ0v) is 18.1. The fourth-order valence-corrected chi connectivity index (χ4v) is 4.51. The van der Waals surface area contributed by atoms with Gasteiger partial charge in [-0.05, 0) is 48.6 Å². The third kappa shape index (κ3) is 4.57. The molecule has 3 aromatic carbocycles. The third-order valence-electron chi connectivity index (χ3n) is 4.81. The minimum absolute atomic E-state index is 0.0106. The molecule has 0 aliphatic heterocycles. The molecule has 0 spiro atoms. The third-order valence-corrected chi connectivity index (χ3v) is 6.61. The predicted molar refractivity (Wildman–Crippen MR) is 124 cm³/mol. The molecule has 1 aromatic heterocycles. The van der Waals surface area contributed by atoms with Crippen LogP contribution in [0.25, 0.3) is 10.9 Å². The second kappa shape index (κ2) is 8.89. The number of benzene rings is 3. The highest BCUT2D eigenvalue weighted by molar-refractivity contribution is 7.98. The lowest BCUT2D eigenvalue weighted by Crippen LogP contribution is -2.24. The highest BCUT2D eigenvalue weighted by Gasteiger charge is 2.12. The van der Waals surface area contributed by atoms with Crippen molar-refractivity contribution in [3.63, 3.8) is 0 Å². The summed E-state index contributed by atoms with van der Waals surface area (Å²) in [5, 5.41) is 1.41. The molecule has 0 N–H and O–H groups in total. The van der Waals surface area contributed by atoms with E-state index in [-0.39, 0.29) is 5.56 Å². The van der Waals surface area contributed by atoms with E-state index in [0.717, 1.165) is 22.0 Å². The molecule has 4 aromatic rings. The smallest absolute Gasteiger partial charge is 0.262 e. The van der Waals surface area contributed by atoms with Gasteiger partial charge in [-0.25, -0.2) is 4.98 Å². The molecule has 29 heavy (non-hydrogen) atoms. The van der Waals surface area contributed by atoms with Crippen LogP contribution in [-0.2, 0) is 12.3 Å². The highest BCUT2D eigenvalue weighted by atomic mass is 32.2. The van der Waals surface area contributed by atoms with E-state index in [1.807, 2.05) is 24.3 Å². The quantitative estimate of drug-likeness (QED) is 0.294. The molecular weight excluding hydrogens is 396 g/mol. The Morgan fingerprint density at radius 3 is 2.31 bits per heavy atom. The van der Waals surface area contributed by atoms with Gasteiger partial charge in [0, 0.05) is 10.6 Å². The van der Waals surface area contributed by atoms with Crippen LogP contribution >= 0.6 is 23.5 Å². The molecule has 0 atom stereocenters. The van der Waals surface area contributed by atoms with Gasteiger partial charge in [-0.1, -0.05) is 65.9 Å². The van der Waals surface area contributed by atoms with Crippen molar-refractivity contribution < 1.29 is 0 Å². The minimum Gasteiger partial charge on any atom is -0.283 e. The van der Waals surface area contributed by atoms with Crippen LogP contribution in [0.15, 0.2) is 87.6 Å². The summed E-state index contributed by atoms with van der Waals surface area (Å²) >= 11 is 3.35. The Morgan fingerprint density at radius 1 is 0.897 bits per heavy atom. The van der Waals surface area contributed by atoms with Crippen LogP contribution in [0.4, 0.5) is 0 Å². The van der Waals surface area contributed by atoms with E-state index in [4.69, 9.17) is 4.98 Å². The van der Waals surface area contributed by atoms with Gasteiger partial charge in [0.2, 0.25) is 0 Å². The van der Waals surface area contributed by atoms with Crippen molar-refractivity contribution in [3.05, 3.63) is 99.8 Å². The SMILES string of the molecule is CSc1ccc(CSc2nc3ccccc3c(=O)n2Cc2ccc(C)cc2)cc1. The molecule has 4 rings (SSSR count). The first-order chi connectivity index (χ1) is 14.1. The van der Waals surface area contributed by atoms with Gasteiger partial charge in [-0.2, -0.15) is 0 Å². The van der Waals surface area contributed by atoms with Crippen molar-refractivity contribution in [2.45, 2.75) is 29.3 Å². The zero-order valence-electron chi connectivity index (χ0n) is 16.5. The maximum atomic E-state index is 13.2. The average Bonchev–Trinajstić information content (AvgIpc) is 2.76. The lowest BCUT2D eigenvalue weighted by molar-refractivity contribution is 0.658. The Kier molecular flexibility index (Phi) is 6.07. The molecule has 1 heterocycles. The summed E-state index contributed by atoms with van der Waals surface area (Å²) in [6.45, 7) is 2.59. The number of aryl methyl sites for hydroxylation is 1. The van der Waals surface area contributed by atoms with Gasteiger partial charge in [0.25, 0.3) is 5.56 Å². The predicted octanol–water partition coefficient (Wildman–Crippen LogP) is 5.77. The van der Waals surface area contributed by atoms with Crippen molar-refractivity contribution in [2.75, 3.05) is 6.26 Å². The van der Waals surface area contributed by atoms with Crippen LogP contribution in [-0.4, -0.2) is 15.8 Å². The summed E-state index contributed by atoms with van der Waals surface area (Å²) in [7, 11) is 0. The summed E-state index contributed by atoms with van der Waals surface area (Å²) < 4.78 is 1.80. The van der Waals surface area contributed by atoms with E-state index < -0.39 is 0 Å². The Morgan fingerprint density at radius 2 is 1.59 bits per heavy atom. The second-order valence-electron chi connectivity index (χ2n) is 6.93. The Labute approximate surface area is 179 Å². The van der Waals surface area contributed by atoms with Gasteiger partial charge < -0.3 is 0 Å². The van der Waals surface area contributed by atoms with Gasteiger partial charge in [0.15, 0.2) is 5.16 Å². The second-order valence-corrected chi connectivity index (χ2v) is 8.75. The normalized spacial score (nSPS) is 11.1. The van der Waals surface area contributed by atoms with Crippen LogP contribution in [0.2, 0.25) is 0 Å². The number of hydrogen-bond donors (Lipinski definition) is 0. The first-order valence-electron chi connectivity index (χ1n) is 9.45. The van der Waals surface area contributed by atoms with Gasteiger partial charge in [-0.15, -0.1) is 11.8 Å². The van der Waals surface area contributed by atoms with E-state index in [9.17, 15) is 4.79 Å². The molecule has 0 radical (unpaired) electrons. The lowest BCUT2D eigenvalue weighted by atomic mass is 10.1. The first kappa shape index (κ1) is 19.8. The molecular formula is C24H22N2OS2. The number of para-hydroxylation sites is 1. The summed E-state index contributed by atoms with van der Waals surface area (Å²) in [4.78, 5) is 19.3. The lowest BCUT2D eigenvalue weighted by Gasteiger charge is -2.13. The van der Waals surface area contributed by atoms with Gasteiger partial charge >= 0.3 is 0 Å². The average molecular weight is 419 g/mol. The van der Waals surface area contributed by atoms with Crippen LogP contribution in [0.1, 0.15) is 16.7 Å². The molecule has 0 unspecified atom stereocenters. The van der Waals surface area contributed by atoms with E-state index in [0.29, 0.717) is 11.9 Å². The standard InChI is InChI=1S/C24H22N2OS2/c1-17-7-9-18(10-8-17)15-26-23(27)21-5-3-4-6-22(21)25-24(26)29-16-19-11-13-20(28-2)14-12-19/h3-14H,15-16H2,1-2H3. The Balaban J connectivity index is 1.69. The van der Waals surface area contributed by atoms with Crippen molar-refractivity contribution in [2.24, 2.45) is 0 Å². The molecule has 3 nitrogen and oxygen atoms in total. The Hall–Kier alpha value is -2.50. The van der Waals surface area contributed by atoms with Gasteiger partial charge in [-0.3, -0.25) is 9.36 Å². The summed E-state index contributed by atoms with van der Waals surface area (Å²) in [5.74, 6) is 0.771. The first-order valence-corrected chi connectivity index (χ1v) is 11.7. The van der Waals surface area contributed by atoms with Crippen molar-refractivity contribution in [3.8, 4) is 0 Å². The summed E-state index contributed by atoms with van der Waals surface area (Å²) in [6, 6.07) is 24.4. The van der Waals surface area contributed by atoms with Crippen molar-refractivity contribution in [1.29, 1.82) is 0 Å². The molecule has 0 saturated carbocycles. The fourth-order valence-electron chi connectivity index (χ4n) is 3.14. The van der Waals surface area contributed by atoms with E-state index in [1.165, 1.54) is 16.0 Å². The van der Waals surface area contributed by atoms with Gasteiger partial charge in [0.1, 0.15) is 0 Å². The number of hydrogen-bond acceptors (Lipinski definition) is 4. The van der Waals surface area contributed by atoms with Crippen molar-refractivity contribution in [1.82, 2.24) is 9.55 Å². The number of aromatic nitrogens is 2. The van der Waals surface area contributed by atoms with Crippen LogP contribution < -0.4 is 5.56 Å². The van der Waals surface area contributed by atoms with Gasteiger partial charge in [0.05, 0.1) is 17.4 Å². The molecule has 0 bridgehead atoms. The Bertz CT molecular complexity index is 1180. The minimum atomic E-state index is 0.0106. The monoisotopic (exact) mass is 418 g/mol. The molecule has 5 heteroatoms. The molecule has 0 saturated heterocycles. The van der Waals surface area contributed by atoms with Crippen LogP contribution in [0, 0.1) is 6.92 Å². The number of fused-ring (bicyclic) bond motifs is 1. The largest absolute Gasteiger partial charge is 0.283 e. The maximum absolute atomic E-state index is 13.2. The van der Waals surface area contributed by atoms with E-state index >= 15 is 0 Å². The van der Waals surface area contributed by atoms with Crippen LogP contribution in [0.5, 0.6) is 0 Å². The maximum Gasteiger partial charge on any atom is 0.262 e. The molecule has 0 aliphatic rings. The summed E-state index contributed by atoms with van der Waals surface area (Å²) in [5.41, 5.74) is 4.29.